The van der Waals surface area contributed by atoms with Gasteiger partial charge in [0.15, 0.2) is 11.6 Å². The number of nitrogens with zero attached hydrogens (tertiary/aromatic N) is 1. The maximum Gasteiger partial charge on any atom is 0.232 e. The lowest BCUT2D eigenvalue weighted by atomic mass is 9.90. The Morgan fingerprint density at radius 2 is 2.10 bits per heavy atom. The molecular formula is C23H28N2O4. The molecule has 154 valence electrons. The van der Waals surface area contributed by atoms with Gasteiger partial charge in [-0.25, -0.2) is 4.98 Å². The van der Waals surface area contributed by atoms with E-state index in [0.717, 1.165) is 17.1 Å². The highest BCUT2D eigenvalue weighted by atomic mass is 16.5. The van der Waals surface area contributed by atoms with Crippen LogP contribution >= 0.6 is 0 Å². The Hall–Kier alpha value is -2.76. The van der Waals surface area contributed by atoms with Crippen LogP contribution in [-0.2, 0) is 11.2 Å². The van der Waals surface area contributed by atoms with Gasteiger partial charge in [-0.15, -0.1) is 0 Å². The van der Waals surface area contributed by atoms with Gasteiger partial charge in [0.1, 0.15) is 18.1 Å². The molecule has 1 atom stereocenters. The third-order valence-corrected chi connectivity index (χ3v) is 5.76. The molecule has 2 aliphatic rings. The molecule has 1 fully saturated rings. The van der Waals surface area contributed by atoms with Gasteiger partial charge < -0.3 is 19.5 Å². The highest BCUT2D eigenvalue weighted by molar-refractivity contribution is 5.93. The highest BCUT2D eigenvalue weighted by Crippen LogP contribution is 2.32. The van der Waals surface area contributed by atoms with Crippen molar-refractivity contribution in [3.05, 3.63) is 42.1 Å². The minimum atomic E-state index is -0.274. The monoisotopic (exact) mass is 396 g/mol. The average Bonchev–Trinajstić information content (AvgIpc) is 2.78. The first kappa shape index (κ1) is 19.6. The number of benzene rings is 1. The van der Waals surface area contributed by atoms with E-state index in [4.69, 9.17) is 14.2 Å². The van der Waals surface area contributed by atoms with Gasteiger partial charge in [-0.3, -0.25) is 4.79 Å². The van der Waals surface area contributed by atoms with E-state index in [1.807, 2.05) is 30.3 Å². The number of nitrogens with one attached hydrogen (secondary N) is 1. The number of hydrogen-bond acceptors (Lipinski definition) is 5. The van der Waals surface area contributed by atoms with Crippen molar-refractivity contribution in [1.82, 2.24) is 4.98 Å². The molecule has 29 heavy (non-hydrogen) atoms. The van der Waals surface area contributed by atoms with Crippen LogP contribution in [0.1, 0.15) is 37.7 Å². The highest BCUT2D eigenvalue weighted by Gasteiger charge is 2.27. The molecule has 1 aromatic heterocycles. The normalized spacial score (nSPS) is 19.0. The van der Waals surface area contributed by atoms with E-state index >= 15 is 0 Å². The number of ether oxygens (including phenoxy) is 3. The molecule has 1 unspecified atom stereocenters. The summed E-state index contributed by atoms with van der Waals surface area (Å²) in [4.78, 5) is 17.2. The zero-order valence-corrected chi connectivity index (χ0v) is 16.9. The number of hydrogen-bond donors (Lipinski definition) is 1. The van der Waals surface area contributed by atoms with Crippen LogP contribution in [0.5, 0.6) is 17.2 Å². The fourth-order valence-corrected chi connectivity index (χ4v) is 4.03. The molecule has 4 rings (SSSR count). The molecule has 1 aliphatic carbocycles. The molecule has 0 radical (unpaired) electrons. The quantitative estimate of drug-likeness (QED) is 0.791. The van der Waals surface area contributed by atoms with Crippen molar-refractivity contribution in [2.45, 2.75) is 38.5 Å². The van der Waals surface area contributed by atoms with E-state index in [9.17, 15) is 4.79 Å². The molecule has 1 aliphatic heterocycles. The van der Waals surface area contributed by atoms with E-state index in [2.05, 4.69) is 10.3 Å². The molecule has 1 aromatic carbocycles. The lowest BCUT2D eigenvalue weighted by Crippen LogP contribution is -2.33. The van der Waals surface area contributed by atoms with E-state index in [1.165, 1.54) is 32.1 Å². The SMILES string of the molecule is COc1ccc2c(c1)OCC(C(=O)Nc1ncccc1OCC1CCCCC1)C2. The summed E-state index contributed by atoms with van der Waals surface area (Å²) < 4.78 is 17.1. The van der Waals surface area contributed by atoms with Crippen molar-refractivity contribution in [2.24, 2.45) is 11.8 Å². The van der Waals surface area contributed by atoms with Crippen molar-refractivity contribution >= 4 is 11.7 Å². The fourth-order valence-electron chi connectivity index (χ4n) is 4.03. The van der Waals surface area contributed by atoms with Crippen LogP contribution in [0.4, 0.5) is 5.82 Å². The van der Waals surface area contributed by atoms with E-state index in [-0.39, 0.29) is 11.8 Å². The number of fused-ring (bicyclic) bond motifs is 1. The molecule has 0 bridgehead atoms. The van der Waals surface area contributed by atoms with Gasteiger partial charge in [-0.1, -0.05) is 25.3 Å². The van der Waals surface area contributed by atoms with Gasteiger partial charge in [-0.2, -0.15) is 0 Å². The van der Waals surface area contributed by atoms with E-state index in [1.54, 1.807) is 13.3 Å². The van der Waals surface area contributed by atoms with Crippen LogP contribution in [0, 0.1) is 11.8 Å². The van der Waals surface area contributed by atoms with Gasteiger partial charge in [0.05, 0.1) is 19.6 Å². The Morgan fingerprint density at radius 1 is 1.24 bits per heavy atom. The number of amides is 1. The van der Waals surface area contributed by atoms with Crippen molar-refractivity contribution in [3.8, 4) is 17.2 Å². The minimum Gasteiger partial charge on any atom is -0.497 e. The summed E-state index contributed by atoms with van der Waals surface area (Å²) in [6.07, 6.45) is 8.60. The number of carbonyl (C=O) groups excluding carboxylic acids is 1. The van der Waals surface area contributed by atoms with Gasteiger partial charge in [0.2, 0.25) is 5.91 Å². The van der Waals surface area contributed by atoms with Crippen LogP contribution in [0.25, 0.3) is 0 Å². The van der Waals surface area contributed by atoms with Crippen LogP contribution in [0.15, 0.2) is 36.5 Å². The lowest BCUT2D eigenvalue weighted by Gasteiger charge is -2.25. The van der Waals surface area contributed by atoms with Crippen LogP contribution in [-0.4, -0.2) is 31.2 Å². The number of carbonyl (C=O) groups is 1. The zero-order chi connectivity index (χ0) is 20.1. The van der Waals surface area contributed by atoms with Gasteiger partial charge >= 0.3 is 0 Å². The fraction of sp³-hybridized carbons (Fsp3) is 0.478. The lowest BCUT2D eigenvalue weighted by molar-refractivity contribution is -0.121. The molecule has 2 heterocycles. The van der Waals surface area contributed by atoms with E-state index < -0.39 is 0 Å². The first-order chi connectivity index (χ1) is 14.2. The van der Waals surface area contributed by atoms with Crippen LogP contribution in [0.2, 0.25) is 0 Å². The Kier molecular flexibility index (Phi) is 6.17. The molecular weight excluding hydrogens is 368 g/mol. The smallest absolute Gasteiger partial charge is 0.232 e. The van der Waals surface area contributed by atoms with Crippen molar-refractivity contribution in [1.29, 1.82) is 0 Å². The predicted octanol–water partition coefficient (Wildman–Crippen LogP) is 4.24. The van der Waals surface area contributed by atoms with Gasteiger partial charge in [-0.05, 0) is 48.9 Å². The summed E-state index contributed by atoms with van der Waals surface area (Å²) in [6, 6.07) is 9.40. The standard InChI is InChI=1S/C23H28N2O4/c1-27-19-10-9-17-12-18(15-29-21(17)13-19)23(26)25-22-20(8-5-11-24-22)28-14-16-6-3-2-4-7-16/h5,8-11,13,16,18H,2-4,6-7,12,14-15H2,1H3,(H,24,25,26). The second-order valence-corrected chi connectivity index (χ2v) is 7.84. The van der Waals surface area contributed by atoms with Crippen molar-refractivity contribution in [2.75, 3.05) is 25.6 Å². The maximum absolute atomic E-state index is 12.8. The third-order valence-electron chi connectivity index (χ3n) is 5.76. The first-order valence-electron chi connectivity index (χ1n) is 10.4. The summed E-state index contributed by atoms with van der Waals surface area (Å²) in [5, 5.41) is 2.94. The van der Waals surface area contributed by atoms with Crippen LogP contribution in [0.3, 0.4) is 0 Å². The second kappa shape index (κ2) is 9.16. The number of pyridine rings is 1. The summed E-state index contributed by atoms with van der Waals surface area (Å²) in [6.45, 7) is 1.01. The number of methoxy groups -OCH3 is 1. The Balaban J connectivity index is 1.38. The Labute approximate surface area is 171 Å². The molecule has 0 saturated heterocycles. The predicted molar refractivity (Wildman–Crippen MR) is 111 cm³/mol. The molecule has 1 N–H and O–H groups in total. The minimum absolute atomic E-state index is 0.104. The first-order valence-corrected chi connectivity index (χ1v) is 10.4. The van der Waals surface area contributed by atoms with E-state index in [0.29, 0.717) is 37.1 Å². The largest absolute Gasteiger partial charge is 0.497 e. The molecule has 2 aromatic rings. The summed E-state index contributed by atoms with van der Waals surface area (Å²) >= 11 is 0. The summed E-state index contributed by atoms with van der Waals surface area (Å²) in [5.41, 5.74) is 1.01. The third kappa shape index (κ3) is 4.81. The molecule has 0 spiro atoms. The average molecular weight is 396 g/mol. The Bertz CT molecular complexity index is 849. The second-order valence-electron chi connectivity index (χ2n) is 7.84. The topological polar surface area (TPSA) is 69.7 Å². The maximum atomic E-state index is 12.8. The summed E-state index contributed by atoms with van der Waals surface area (Å²) in [7, 11) is 1.63. The number of anilines is 1. The molecule has 1 saturated carbocycles. The Morgan fingerprint density at radius 3 is 2.93 bits per heavy atom. The molecule has 6 heteroatoms. The zero-order valence-electron chi connectivity index (χ0n) is 16.9. The van der Waals surface area contributed by atoms with Crippen molar-refractivity contribution < 1.29 is 19.0 Å². The molecule has 6 nitrogen and oxygen atoms in total. The number of aromatic nitrogens is 1. The number of rotatable bonds is 6. The summed E-state index contributed by atoms with van der Waals surface area (Å²) in [5.74, 6) is 2.86. The molecule has 1 amide bonds. The van der Waals surface area contributed by atoms with Gasteiger partial charge in [0, 0.05) is 12.3 Å². The van der Waals surface area contributed by atoms with Gasteiger partial charge in [0.25, 0.3) is 0 Å². The van der Waals surface area contributed by atoms with Crippen molar-refractivity contribution in [3.63, 3.8) is 0 Å². The van der Waals surface area contributed by atoms with Crippen LogP contribution < -0.4 is 19.5 Å².